The molecule has 2 saturated heterocycles. The van der Waals surface area contributed by atoms with Crippen molar-refractivity contribution in [3.05, 3.63) is 11.1 Å². The molecular formula is C14H22N2O3. The Hall–Kier alpha value is -1.36. The van der Waals surface area contributed by atoms with Crippen LogP contribution in [0.5, 0.6) is 0 Å². The minimum absolute atomic E-state index is 0.114. The second-order valence-corrected chi connectivity index (χ2v) is 6.16. The summed E-state index contributed by atoms with van der Waals surface area (Å²) in [6.45, 7) is 7.69. The van der Waals surface area contributed by atoms with Gasteiger partial charge in [0.25, 0.3) is 0 Å². The summed E-state index contributed by atoms with van der Waals surface area (Å²) in [5.41, 5.74) is 1.43. The molecule has 2 heterocycles. The topological polar surface area (TPSA) is 69.6 Å². The fourth-order valence-corrected chi connectivity index (χ4v) is 2.96. The Balaban J connectivity index is 2.26. The monoisotopic (exact) mass is 266 g/mol. The number of nitrogens with one attached hydrogen (secondary N) is 1. The van der Waals surface area contributed by atoms with Gasteiger partial charge in [0.1, 0.15) is 6.04 Å². The molecule has 106 valence electrons. The van der Waals surface area contributed by atoms with Crippen LogP contribution in [0.25, 0.3) is 0 Å². The summed E-state index contributed by atoms with van der Waals surface area (Å²) in [4.78, 5) is 25.6. The first-order valence-electron chi connectivity index (χ1n) is 6.78. The maximum absolute atomic E-state index is 12.5. The molecule has 2 N–H and O–H groups in total. The van der Waals surface area contributed by atoms with Gasteiger partial charge in [-0.3, -0.25) is 4.79 Å². The van der Waals surface area contributed by atoms with Crippen LogP contribution in [0.4, 0.5) is 0 Å². The van der Waals surface area contributed by atoms with Crippen LogP contribution < -0.4 is 5.32 Å². The van der Waals surface area contributed by atoms with Crippen molar-refractivity contribution in [2.75, 3.05) is 19.6 Å². The van der Waals surface area contributed by atoms with E-state index in [4.69, 9.17) is 0 Å². The van der Waals surface area contributed by atoms with E-state index in [1.807, 2.05) is 13.8 Å². The number of carboxylic acids is 1. The standard InChI is InChI=1S/C14H22N2O3/c1-9(10-7-15-8-10)12(17)16-6-4-5-14(2,3)11(16)13(18)19/h11,15H,4-8H2,1-3H3,(H,18,19). The predicted octanol–water partition coefficient (Wildman–Crippen LogP) is 1.01. The molecule has 0 spiro atoms. The Morgan fingerprint density at radius 3 is 2.47 bits per heavy atom. The average molecular weight is 266 g/mol. The van der Waals surface area contributed by atoms with Crippen LogP contribution in [0.2, 0.25) is 0 Å². The van der Waals surface area contributed by atoms with E-state index in [9.17, 15) is 14.7 Å². The van der Waals surface area contributed by atoms with Gasteiger partial charge in [-0.2, -0.15) is 0 Å². The van der Waals surface area contributed by atoms with Gasteiger partial charge in [-0.15, -0.1) is 0 Å². The van der Waals surface area contributed by atoms with E-state index in [1.165, 1.54) is 0 Å². The molecule has 1 unspecified atom stereocenters. The third kappa shape index (κ3) is 2.52. The number of rotatable bonds is 2. The van der Waals surface area contributed by atoms with E-state index in [-0.39, 0.29) is 11.3 Å². The van der Waals surface area contributed by atoms with E-state index in [2.05, 4.69) is 5.32 Å². The highest BCUT2D eigenvalue weighted by Crippen LogP contribution is 2.36. The lowest BCUT2D eigenvalue weighted by atomic mass is 9.76. The molecule has 5 nitrogen and oxygen atoms in total. The van der Waals surface area contributed by atoms with Crippen molar-refractivity contribution in [2.45, 2.75) is 39.7 Å². The number of piperidine rings is 1. The number of likely N-dealkylation sites (tertiary alicyclic amines) is 1. The quantitative estimate of drug-likeness (QED) is 0.732. The number of hydrogen-bond acceptors (Lipinski definition) is 3. The Morgan fingerprint density at radius 2 is 2.00 bits per heavy atom. The fourth-order valence-electron chi connectivity index (χ4n) is 2.96. The summed E-state index contributed by atoms with van der Waals surface area (Å²) in [7, 11) is 0. The molecule has 2 aliphatic heterocycles. The van der Waals surface area contributed by atoms with Crippen LogP contribution in [0.3, 0.4) is 0 Å². The largest absolute Gasteiger partial charge is 0.480 e. The normalized spacial score (nSPS) is 25.7. The van der Waals surface area contributed by atoms with Gasteiger partial charge in [0.05, 0.1) is 0 Å². The molecule has 0 aliphatic carbocycles. The van der Waals surface area contributed by atoms with Crippen molar-refractivity contribution >= 4 is 11.9 Å². The molecule has 0 saturated carbocycles. The van der Waals surface area contributed by atoms with E-state index < -0.39 is 12.0 Å². The van der Waals surface area contributed by atoms with Crippen LogP contribution in [-0.4, -0.2) is 47.6 Å². The molecular weight excluding hydrogens is 244 g/mol. The van der Waals surface area contributed by atoms with Crippen LogP contribution >= 0.6 is 0 Å². The highest BCUT2D eigenvalue weighted by molar-refractivity contribution is 5.96. The average Bonchev–Trinajstić information content (AvgIpc) is 2.23. The van der Waals surface area contributed by atoms with Gasteiger partial charge in [0.2, 0.25) is 5.91 Å². The summed E-state index contributed by atoms with van der Waals surface area (Å²) >= 11 is 0. The number of carbonyl (C=O) groups excluding carboxylic acids is 1. The van der Waals surface area contributed by atoms with Crippen LogP contribution in [0, 0.1) is 5.41 Å². The number of nitrogens with zero attached hydrogens (tertiary/aromatic N) is 1. The highest BCUT2D eigenvalue weighted by atomic mass is 16.4. The molecule has 0 bridgehead atoms. The van der Waals surface area contributed by atoms with E-state index >= 15 is 0 Å². The molecule has 0 radical (unpaired) electrons. The molecule has 2 aliphatic rings. The molecule has 5 heteroatoms. The van der Waals surface area contributed by atoms with Gasteiger partial charge in [0, 0.05) is 25.2 Å². The second kappa shape index (κ2) is 4.96. The number of carboxylic acid groups (broad SMARTS) is 1. The second-order valence-electron chi connectivity index (χ2n) is 6.16. The summed E-state index contributed by atoms with van der Waals surface area (Å²) in [5, 5.41) is 12.6. The molecule has 1 amide bonds. The zero-order chi connectivity index (χ0) is 14.2. The fraction of sp³-hybridized carbons (Fsp3) is 0.714. The predicted molar refractivity (Wildman–Crippen MR) is 71.7 cm³/mol. The number of hydrogen-bond donors (Lipinski definition) is 2. The molecule has 0 aromatic carbocycles. The lowest BCUT2D eigenvalue weighted by Crippen LogP contribution is -2.56. The van der Waals surface area contributed by atoms with E-state index in [0.717, 1.165) is 31.5 Å². The van der Waals surface area contributed by atoms with Gasteiger partial charge < -0.3 is 15.3 Å². The van der Waals surface area contributed by atoms with Crippen molar-refractivity contribution in [1.29, 1.82) is 0 Å². The maximum atomic E-state index is 12.5. The minimum atomic E-state index is -0.900. The van der Waals surface area contributed by atoms with Crippen molar-refractivity contribution in [3.63, 3.8) is 0 Å². The van der Waals surface area contributed by atoms with Gasteiger partial charge in [-0.1, -0.05) is 13.8 Å². The summed E-state index contributed by atoms with van der Waals surface area (Å²) < 4.78 is 0. The first-order valence-corrected chi connectivity index (χ1v) is 6.78. The zero-order valence-electron chi connectivity index (χ0n) is 11.8. The molecule has 2 rings (SSSR count). The third-order valence-electron chi connectivity index (χ3n) is 4.29. The van der Waals surface area contributed by atoms with Gasteiger partial charge in [0.15, 0.2) is 0 Å². The molecule has 0 aromatic rings. The van der Waals surface area contributed by atoms with Crippen molar-refractivity contribution < 1.29 is 14.7 Å². The van der Waals surface area contributed by atoms with Crippen LogP contribution in [0.1, 0.15) is 33.6 Å². The lowest BCUT2D eigenvalue weighted by Gasteiger charge is -2.44. The Labute approximate surface area is 113 Å². The third-order valence-corrected chi connectivity index (χ3v) is 4.29. The van der Waals surface area contributed by atoms with E-state index in [1.54, 1.807) is 11.8 Å². The van der Waals surface area contributed by atoms with Gasteiger partial charge >= 0.3 is 5.97 Å². The van der Waals surface area contributed by atoms with E-state index in [0.29, 0.717) is 12.1 Å². The lowest BCUT2D eigenvalue weighted by molar-refractivity contribution is -0.157. The number of aliphatic carboxylic acids is 1. The smallest absolute Gasteiger partial charge is 0.326 e. The summed E-state index contributed by atoms with van der Waals surface area (Å²) in [5.74, 6) is -1.01. The molecule has 1 atom stereocenters. The van der Waals surface area contributed by atoms with Gasteiger partial charge in [-0.05, 0) is 30.8 Å². The zero-order valence-corrected chi connectivity index (χ0v) is 11.8. The highest BCUT2D eigenvalue weighted by Gasteiger charge is 2.44. The first-order chi connectivity index (χ1) is 8.84. The Bertz CT molecular complexity index is 434. The Kier molecular flexibility index (Phi) is 3.67. The summed E-state index contributed by atoms with van der Waals surface area (Å²) in [6, 6.07) is -0.725. The maximum Gasteiger partial charge on any atom is 0.326 e. The van der Waals surface area contributed by atoms with Crippen molar-refractivity contribution in [3.8, 4) is 0 Å². The van der Waals surface area contributed by atoms with Crippen LogP contribution in [-0.2, 0) is 9.59 Å². The van der Waals surface area contributed by atoms with Crippen molar-refractivity contribution in [2.24, 2.45) is 5.41 Å². The number of carbonyl (C=O) groups is 2. The number of amides is 1. The van der Waals surface area contributed by atoms with Crippen molar-refractivity contribution in [1.82, 2.24) is 10.2 Å². The first kappa shape index (κ1) is 14.1. The Morgan fingerprint density at radius 1 is 1.37 bits per heavy atom. The molecule has 19 heavy (non-hydrogen) atoms. The minimum Gasteiger partial charge on any atom is -0.480 e. The summed E-state index contributed by atoms with van der Waals surface area (Å²) in [6.07, 6.45) is 1.70. The molecule has 0 aromatic heterocycles. The van der Waals surface area contributed by atoms with Crippen LogP contribution in [0.15, 0.2) is 11.1 Å². The molecule has 2 fully saturated rings. The SMILES string of the molecule is CC(C(=O)N1CCCC(C)(C)C1C(=O)O)=C1CNC1. The van der Waals surface area contributed by atoms with Gasteiger partial charge in [-0.25, -0.2) is 4.79 Å².